The van der Waals surface area contributed by atoms with Gasteiger partial charge in [0, 0.05) is 12.1 Å². The maximum absolute atomic E-state index is 12.4. The van der Waals surface area contributed by atoms with Crippen LogP contribution in [-0.2, 0) is 11.2 Å². The first-order chi connectivity index (χ1) is 12.6. The first-order valence-electron chi connectivity index (χ1n) is 9.00. The molecule has 0 saturated carbocycles. The number of hydrogen-bond acceptors (Lipinski definition) is 3. The van der Waals surface area contributed by atoms with E-state index >= 15 is 0 Å². The number of aryl methyl sites for hydroxylation is 2. The minimum atomic E-state index is -0.313. The Morgan fingerprint density at radius 1 is 1.15 bits per heavy atom. The summed E-state index contributed by atoms with van der Waals surface area (Å²) in [6.45, 7) is 7.05. The quantitative estimate of drug-likeness (QED) is 0.682. The molecule has 0 aliphatic heterocycles. The van der Waals surface area contributed by atoms with Crippen molar-refractivity contribution in [3.05, 3.63) is 70.9 Å². The van der Waals surface area contributed by atoms with Gasteiger partial charge in [-0.2, -0.15) is 0 Å². The number of esters is 1. The van der Waals surface area contributed by atoms with Crippen molar-refractivity contribution in [3.8, 4) is 0 Å². The summed E-state index contributed by atoms with van der Waals surface area (Å²) in [5.41, 5.74) is 5.98. The van der Waals surface area contributed by atoms with Crippen LogP contribution in [0.5, 0.6) is 0 Å². The number of aromatic amines is 1. The van der Waals surface area contributed by atoms with E-state index in [0.717, 1.165) is 40.7 Å². The lowest BCUT2D eigenvalue weighted by Gasteiger charge is -2.13. The third kappa shape index (κ3) is 3.85. The van der Waals surface area contributed by atoms with Crippen LogP contribution in [0.4, 0.5) is 5.69 Å². The second kappa shape index (κ2) is 8.00. The Kier molecular flexibility index (Phi) is 5.52. The maximum Gasteiger partial charge on any atom is 0.346 e. The number of carbonyl (C=O) groups is 1. The second-order valence-electron chi connectivity index (χ2n) is 6.46. The molecule has 0 radical (unpaired) electrons. The highest BCUT2D eigenvalue weighted by atomic mass is 16.5. The molecule has 3 rings (SSSR count). The van der Waals surface area contributed by atoms with Crippen molar-refractivity contribution in [2.24, 2.45) is 0 Å². The average Bonchev–Trinajstić information content (AvgIpc) is 2.63. The summed E-state index contributed by atoms with van der Waals surface area (Å²) in [5, 5.41) is 4.49. The van der Waals surface area contributed by atoms with Crippen LogP contribution in [-0.4, -0.2) is 19.1 Å². The number of anilines is 1. The van der Waals surface area contributed by atoms with Gasteiger partial charge in [-0.25, -0.2) is 9.78 Å². The molecule has 0 fully saturated rings. The highest BCUT2D eigenvalue weighted by Crippen LogP contribution is 2.28. The molecule has 0 saturated heterocycles. The summed E-state index contributed by atoms with van der Waals surface area (Å²) in [4.78, 5) is 15.7. The number of carbonyl (C=O) groups excluding carboxylic acids is 1. The minimum Gasteiger partial charge on any atom is -0.462 e. The van der Waals surface area contributed by atoms with Crippen molar-refractivity contribution >= 4 is 22.6 Å². The molecule has 0 spiro atoms. The Bertz CT molecular complexity index is 920. The topological polar surface area (TPSA) is 52.5 Å². The van der Waals surface area contributed by atoms with E-state index in [9.17, 15) is 4.79 Å². The predicted octanol–water partition coefficient (Wildman–Crippen LogP) is 4.10. The number of nitrogens with one attached hydrogen (secondary N) is 2. The molecule has 0 unspecified atom stereocenters. The Hall–Kier alpha value is -2.88. The average molecular weight is 349 g/mol. The lowest BCUT2D eigenvalue weighted by atomic mass is 10.0. The second-order valence-corrected chi connectivity index (χ2v) is 6.46. The fourth-order valence-corrected chi connectivity index (χ4v) is 3.25. The third-order valence-corrected chi connectivity index (χ3v) is 4.43. The van der Waals surface area contributed by atoms with Gasteiger partial charge in [0.15, 0.2) is 6.20 Å². The first kappa shape index (κ1) is 17.9. The number of benzene rings is 2. The summed E-state index contributed by atoms with van der Waals surface area (Å²) < 4.78 is 5.24. The monoisotopic (exact) mass is 349 g/mol. The number of aromatic nitrogens is 1. The van der Waals surface area contributed by atoms with Crippen LogP contribution >= 0.6 is 0 Å². The van der Waals surface area contributed by atoms with Gasteiger partial charge in [-0.3, -0.25) is 0 Å². The molecule has 134 valence electrons. The Balaban J connectivity index is 1.98. The number of pyridine rings is 1. The molecule has 26 heavy (non-hydrogen) atoms. The third-order valence-electron chi connectivity index (χ3n) is 4.43. The highest BCUT2D eigenvalue weighted by Gasteiger charge is 2.21. The maximum atomic E-state index is 12.4. The van der Waals surface area contributed by atoms with Crippen LogP contribution in [0.1, 0.15) is 34.0 Å². The van der Waals surface area contributed by atoms with E-state index in [0.29, 0.717) is 12.2 Å². The molecule has 0 bridgehead atoms. The summed E-state index contributed by atoms with van der Waals surface area (Å²) in [7, 11) is 0. The fraction of sp³-hybridized carbons (Fsp3) is 0.273. The van der Waals surface area contributed by atoms with Gasteiger partial charge >= 0.3 is 5.97 Å². The van der Waals surface area contributed by atoms with Crippen molar-refractivity contribution < 1.29 is 14.5 Å². The summed E-state index contributed by atoms with van der Waals surface area (Å²) in [6, 6.07) is 14.6. The smallest absolute Gasteiger partial charge is 0.346 e. The molecule has 1 heterocycles. The summed E-state index contributed by atoms with van der Waals surface area (Å²) in [6.07, 6.45) is 2.63. The van der Waals surface area contributed by atoms with E-state index in [2.05, 4.69) is 48.4 Å². The molecule has 4 nitrogen and oxygen atoms in total. The van der Waals surface area contributed by atoms with Crippen molar-refractivity contribution in [1.29, 1.82) is 0 Å². The van der Waals surface area contributed by atoms with E-state index in [4.69, 9.17) is 4.74 Å². The molecule has 4 heteroatoms. The zero-order valence-electron chi connectivity index (χ0n) is 15.6. The Morgan fingerprint density at radius 2 is 1.92 bits per heavy atom. The molecule has 3 aromatic rings. The number of H-pyrrole nitrogens is 1. The van der Waals surface area contributed by atoms with Gasteiger partial charge in [-0.1, -0.05) is 30.3 Å². The number of ether oxygens (including phenoxy) is 1. The Morgan fingerprint density at radius 3 is 2.65 bits per heavy atom. The first-order valence-corrected chi connectivity index (χ1v) is 9.00. The van der Waals surface area contributed by atoms with Crippen LogP contribution < -0.4 is 10.3 Å². The van der Waals surface area contributed by atoms with E-state index in [1.54, 1.807) is 6.20 Å². The number of hydrogen-bond donors (Lipinski definition) is 1. The molecule has 0 amide bonds. The molecule has 0 aliphatic carbocycles. The van der Waals surface area contributed by atoms with E-state index in [-0.39, 0.29) is 5.97 Å². The molecule has 0 aliphatic rings. The van der Waals surface area contributed by atoms with E-state index in [1.807, 2.05) is 25.1 Å². The van der Waals surface area contributed by atoms with Crippen molar-refractivity contribution in [1.82, 2.24) is 0 Å². The van der Waals surface area contributed by atoms with Gasteiger partial charge in [0.25, 0.3) is 0 Å². The summed E-state index contributed by atoms with van der Waals surface area (Å²) in [5.74, 6) is -0.313. The van der Waals surface area contributed by atoms with Gasteiger partial charge in [0.1, 0.15) is 5.56 Å². The van der Waals surface area contributed by atoms with Crippen LogP contribution in [0, 0.1) is 13.8 Å². The Labute approximate surface area is 154 Å². The van der Waals surface area contributed by atoms with E-state index in [1.165, 1.54) is 5.56 Å². The van der Waals surface area contributed by atoms with E-state index < -0.39 is 0 Å². The molecule has 0 atom stereocenters. The van der Waals surface area contributed by atoms with Gasteiger partial charge < -0.3 is 10.1 Å². The van der Waals surface area contributed by atoms with Crippen LogP contribution in [0.2, 0.25) is 0 Å². The SMILES string of the molecule is CCOC(=O)c1c[nH+]c2c(C)cc(C)cc2c1NCCc1ccccc1. The lowest BCUT2D eigenvalue weighted by Crippen LogP contribution is -2.18. The van der Waals surface area contributed by atoms with Gasteiger partial charge in [0.2, 0.25) is 5.52 Å². The molecule has 1 aromatic heterocycles. The number of fused-ring (bicyclic) bond motifs is 1. The van der Waals surface area contributed by atoms with Crippen molar-refractivity contribution in [3.63, 3.8) is 0 Å². The van der Waals surface area contributed by atoms with Crippen molar-refractivity contribution in [2.45, 2.75) is 27.2 Å². The zero-order valence-corrected chi connectivity index (χ0v) is 15.6. The minimum absolute atomic E-state index is 0.313. The standard InChI is InChI=1S/C22H24N2O2/c1-4-26-22(25)19-14-24-20-16(3)12-15(2)13-18(20)21(19)23-11-10-17-8-6-5-7-9-17/h5-9,12-14H,4,10-11H2,1-3H3,(H,23,24)/p+1. The van der Waals surface area contributed by atoms with Crippen molar-refractivity contribution in [2.75, 3.05) is 18.5 Å². The van der Waals surface area contributed by atoms with Crippen LogP contribution in [0.15, 0.2) is 48.7 Å². The predicted molar refractivity (Wildman–Crippen MR) is 105 cm³/mol. The highest BCUT2D eigenvalue weighted by molar-refractivity contribution is 6.04. The zero-order chi connectivity index (χ0) is 18.5. The molecule has 2 aromatic carbocycles. The lowest BCUT2D eigenvalue weighted by molar-refractivity contribution is -0.345. The molecular weight excluding hydrogens is 324 g/mol. The molecule has 2 N–H and O–H groups in total. The molecular formula is C22H25N2O2+. The van der Waals surface area contributed by atoms with Gasteiger partial charge in [-0.05, 0) is 50.5 Å². The van der Waals surface area contributed by atoms with Crippen LogP contribution in [0.3, 0.4) is 0 Å². The fourth-order valence-electron chi connectivity index (χ4n) is 3.25. The summed E-state index contributed by atoms with van der Waals surface area (Å²) >= 11 is 0. The normalized spacial score (nSPS) is 10.7. The number of rotatable bonds is 6. The van der Waals surface area contributed by atoms with Crippen LogP contribution in [0.25, 0.3) is 10.9 Å². The van der Waals surface area contributed by atoms with Gasteiger partial charge in [-0.15, -0.1) is 0 Å². The largest absolute Gasteiger partial charge is 0.462 e. The van der Waals surface area contributed by atoms with Gasteiger partial charge in [0.05, 0.1) is 17.7 Å².